The average Bonchev–Trinajstić information content (AvgIpc) is 2.41. The van der Waals surface area contributed by atoms with Gasteiger partial charge in [-0.3, -0.25) is 0 Å². The van der Waals surface area contributed by atoms with Gasteiger partial charge in [0.2, 0.25) is 0 Å². The van der Waals surface area contributed by atoms with Crippen LogP contribution in [0.3, 0.4) is 0 Å². The third-order valence-corrected chi connectivity index (χ3v) is 3.66. The van der Waals surface area contributed by atoms with Gasteiger partial charge in [-0.15, -0.1) is 0 Å². The molecule has 1 aliphatic heterocycles. The van der Waals surface area contributed by atoms with E-state index in [1.165, 1.54) is 12.0 Å². The van der Waals surface area contributed by atoms with Crippen molar-refractivity contribution >= 4 is 0 Å². The van der Waals surface area contributed by atoms with Crippen LogP contribution in [0, 0.1) is 0 Å². The number of benzene rings is 1. The Morgan fingerprint density at radius 1 is 1.20 bits per heavy atom. The fourth-order valence-corrected chi connectivity index (χ4v) is 2.58. The van der Waals surface area contributed by atoms with Crippen LogP contribution in [0.1, 0.15) is 45.1 Å². The molecule has 2 rings (SSSR count). The van der Waals surface area contributed by atoms with Crippen molar-refractivity contribution in [2.24, 2.45) is 0 Å². The molecule has 0 spiro atoms. The Hall–Kier alpha value is -1.06. The van der Waals surface area contributed by atoms with Crippen LogP contribution in [0.15, 0.2) is 24.3 Å². The van der Waals surface area contributed by atoms with E-state index in [1.807, 2.05) is 6.07 Å². The summed E-state index contributed by atoms with van der Waals surface area (Å²) < 4.78 is 5.70. The summed E-state index contributed by atoms with van der Waals surface area (Å²) in [5.74, 6) is 1.66. The topological polar surface area (TPSA) is 33.3 Å². The first-order chi connectivity index (χ1) is 9.56. The second-order valence-electron chi connectivity index (χ2n) is 6.61. The lowest BCUT2D eigenvalue weighted by Gasteiger charge is -2.26. The molecule has 1 atom stereocenters. The van der Waals surface area contributed by atoms with Crippen LogP contribution < -0.4 is 15.4 Å². The van der Waals surface area contributed by atoms with Crippen LogP contribution in [0.4, 0.5) is 0 Å². The first-order valence-corrected chi connectivity index (χ1v) is 7.74. The highest BCUT2D eigenvalue weighted by molar-refractivity contribution is 5.37. The molecule has 0 bridgehead atoms. The van der Waals surface area contributed by atoms with Gasteiger partial charge in [0.15, 0.2) is 0 Å². The normalized spacial score (nSPS) is 18.4. The summed E-state index contributed by atoms with van der Waals surface area (Å²) in [5.41, 5.74) is 1.58. The van der Waals surface area contributed by atoms with Crippen molar-refractivity contribution < 1.29 is 4.74 Å². The summed E-state index contributed by atoms with van der Waals surface area (Å²) in [6, 6.07) is 8.43. The van der Waals surface area contributed by atoms with Crippen molar-refractivity contribution in [3.05, 3.63) is 29.8 Å². The maximum atomic E-state index is 5.70. The highest BCUT2D eigenvalue weighted by Gasteiger charge is 2.20. The molecule has 0 aliphatic carbocycles. The zero-order valence-corrected chi connectivity index (χ0v) is 13.0. The van der Waals surface area contributed by atoms with Gasteiger partial charge in [0.05, 0.1) is 6.61 Å². The summed E-state index contributed by atoms with van der Waals surface area (Å²) in [7, 11) is 0. The van der Waals surface area contributed by atoms with Crippen molar-refractivity contribution in [1.82, 2.24) is 10.6 Å². The molecule has 0 saturated carbocycles. The van der Waals surface area contributed by atoms with E-state index in [1.54, 1.807) is 0 Å². The summed E-state index contributed by atoms with van der Waals surface area (Å²) in [4.78, 5) is 0. The molecule has 2 N–H and O–H groups in total. The molecule has 1 aromatic rings. The van der Waals surface area contributed by atoms with Gasteiger partial charge in [0.1, 0.15) is 5.75 Å². The maximum Gasteiger partial charge on any atom is 0.122 e. The van der Waals surface area contributed by atoms with Crippen molar-refractivity contribution in [2.45, 2.75) is 45.1 Å². The van der Waals surface area contributed by atoms with Gasteiger partial charge in [-0.1, -0.05) is 18.2 Å². The second kappa shape index (κ2) is 7.09. The highest BCUT2D eigenvalue weighted by Crippen LogP contribution is 2.32. The molecule has 20 heavy (non-hydrogen) atoms. The molecule has 112 valence electrons. The van der Waals surface area contributed by atoms with E-state index < -0.39 is 0 Å². The summed E-state index contributed by atoms with van der Waals surface area (Å²) in [6.45, 7) is 10.7. The number of ether oxygens (including phenoxy) is 1. The van der Waals surface area contributed by atoms with E-state index in [0.29, 0.717) is 5.92 Å². The number of para-hydroxylation sites is 1. The number of fused-ring (bicyclic) bond motifs is 1. The van der Waals surface area contributed by atoms with E-state index in [4.69, 9.17) is 4.74 Å². The third kappa shape index (κ3) is 4.80. The molecule has 1 aliphatic rings. The highest BCUT2D eigenvalue weighted by atomic mass is 16.5. The zero-order valence-electron chi connectivity index (χ0n) is 13.0. The lowest BCUT2D eigenvalue weighted by molar-refractivity contribution is 0.264. The van der Waals surface area contributed by atoms with Gasteiger partial charge in [-0.05, 0) is 58.3 Å². The molecular weight excluding hydrogens is 248 g/mol. The Bertz CT molecular complexity index is 412. The number of nitrogens with one attached hydrogen (secondary N) is 2. The lowest BCUT2D eigenvalue weighted by Crippen LogP contribution is -2.37. The molecule has 0 amide bonds. The third-order valence-electron chi connectivity index (χ3n) is 3.66. The van der Waals surface area contributed by atoms with E-state index in [-0.39, 0.29) is 5.54 Å². The largest absolute Gasteiger partial charge is 0.493 e. The van der Waals surface area contributed by atoms with Crippen LogP contribution in [0.25, 0.3) is 0 Å². The summed E-state index contributed by atoms with van der Waals surface area (Å²) in [5, 5.41) is 7.10. The zero-order chi connectivity index (χ0) is 14.4. The van der Waals surface area contributed by atoms with Gasteiger partial charge in [-0.25, -0.2) is 0 Å². The molecule has 3 heteroatoms. The van der Waals surface area contributed by atoms with Crippen molar-refractivity contribution in [2.75, 3.05) is 26.2 Å². The fraction of sp³-hybridized carbons (Fsp3) is 0.647. The number of hydrogen-bond acceptors (Lipinski definition) is 3. The van der Waals surface area contributed by atoms with E-state index in [9.17, 15) is 0 Å². The predicted octanol–water partition coefficient (Wildman–Crippen LogP) is 2.92. The van der Waals surface area contributed by atoms with Crippen molar-refractivity contribution in [3.63, 3.8) is 0 Å². The molecule has 0 fully saturated rings. The van der Waals surface area contributed by atoms with Crippen molar-refractivity contribution in [1.29, 1.82) is 0 Å². The molecular formula is C17H28N2O. The number of hydrogen-bond donors (Lipinski definition) is 2. The fourth-order valence-electron chi connectivity index (χ4n) is 2.58. The standard InChI is InChI=1S/C17H28N2O/c1-17(2,3)19-11-6-10-18-13-14-9-12-20-16-8-5-4-7-15(14)16/h4-5,7-8,14,18-19H,6,9-13H2,1-3H3. The first kappa shape index (κ1) is 15.3. The minimum Gasteiger partial charge on any atom is -0.493 e. The molecule has 0 radical (unpaired) electrons. The molecule has 0 saturated heterocycles. The average molecular weight is 276 g/mol. The van der Waals surface area contributed by atoms with E-state index in [2.05, 4.69) is 49.6 Å². The molecule has 1 aromatic carbocycles. The van der Waals surface area contributed by atoms with Crippen molar-refractivity contribution in [3.8, 4) is 5.75 Å². The van der Waals surface area contributed by atoms with Crippen LogP contribution >= 0.6 is 0 Å². The van der Waals surface area contributed by atoms with Gasteiger partial charge >= 0.3 is 0 Å². The smallest absolute Gasteiger partial charge is 0.122 e. The quantitative estimate of drug-likeness (QED) is 0.784. The maximum absolute atomic E-state index is 5.70. The van der Waals surface area contributed by atoms with Crippen LogP contribution in [0.2, 0.25) is 0 Å². The Labute approximate surface area is 123 Å². The summed E-state index contributed by atoms with van der Waals surface area (Å²) >= 11 is 0. The van der Waals surface area contributed by atoms with Gasteiger partial charge in [0.25, 0.3) is 0 Å². The monoisotopic (exact) mass is 276 g/mol. The molecule has 1 unspecified atom stereocenters. The SMILES string of the molecule is CC(C)(C)NCCCNCC1CCOc2ccccc21. The van der Waals surface area contributed by atoms with Crippen LogP contribution in [-0.2, 0) is 0 Å². The Morgan fingerprint density at radius 3 is 2.80 bits per heavy atom. The Balaban J connectivity index is 1.68. The van der Waals surface area contributed by atoms with Gasteiger partial charge in [-0.2, -0.15) is 0 Å². The minimum absolute atomic E-state index is 0.222. The van der Waals surface area contributed by atoms with E-state index >= 15 is 0 Å². The molecule has 1 heterocycles. The Kier molecular flexibility index (Phi) is 5.44. The molecule has 3 nitrogen and oxygen atoms in total. The first-order valence-electron chi connectivity index (χ1n) is 7.74. The van der Waals surface area contributed by atoms with Gasteiger partial charge < -0.3 is 15.4 Å². The minimum atomic E-state index is 0.222. The lowest BCUT2D eigenvalue weighted by atomic mass is 9.93. The van der Waals surface area contributed by atoms with E-state index in [0.717, 1.165) is 38.4 Å². The number of rotatable bonds is 6. The van der Waals surface area contributed by atoms with Crippen LogP contribution in [-0.4, -0.2) is 31.8 Å². The van der Waals surface area contributed by atoms with Gasteiger partial charge in [0, 0.05) is 18.0 Å². The van der Waals surface area contributed by atoms with Crippen LogP contribution in [0.5, 0.6) is 5.75 Å². The summed E-state index contributed by atoms with van der Waals surface area (Å²) in [6.07, 6.45) is 2.28. The second-order valence-corrected chi connectivity index (χ2v) is 6.61. The Morgan fingerprint density at radius 2 is 2.00 bits per heavy atom. The molecule has 0 aromatic heterocycles. The predicted molar refractivity (Wildman–Crippen MR) is 84.5 cm³/mol.